The number of ether oxygens (including phenoxy) is 1. The number of methoxy groups -OCH3 is 1. The topological polar surface area (TPSA) is 26.5 Å². The van der Waals surface area contributed by atoms with Gasteiger partial charge in [0.05, 0.1) is 18.5 Å². The van der Waals surface area contributed by atoms with Crippen LogP contribution in [0.5, 0.6) is 5.75 Å². The molecule has 0 atom stereocenters. The minimum atomic E-state index is 0. The molecule has 0 fully saturated rings. The Hall–Kier alpha value is -1.63. The van der Waals surface area contributed by atoms with Gasteiger partial charge in [-0.3, -0.25) is 0 Å². The van der Waals surface area contributed by atoms with Crippen molar-refractivity contribution < 1.29 is 21.7 Å². The third kappa shape index (κ3) is 4.55. The highest BCUT2D eigenvalue weighted by molar-refractivity contribution is 9.10. The van der Waals surface area contributed by atoms with Crippen LogP contribution in [0.15, 0.2) is 70.7 Å². The molecule has 26 heavy (non-hydrogen) atoms. The molecule has 0 amide bonds. The predicted molar refractivity (Wildman–Crippen MR) is 109 cm³/mol. The molecule has 3 nitrogen and oxygen atoms in total. The normalized spacial score (nSPS) is 11.1. The van der Waals surface area contributed by atoms with E-state index in [-0.39, 0.29) is 17.0 Å². The largest absolute Gasteiger partial charge is 1.00 e. The van der Waals surface area contributed by atoms with Gasteiger partial charge in [0.1, 0.15) is 5.75 Å². The first-order valence-electron chi connectivity index (χ1n) is 7.88. The fourth-order valence-electron chi connectivity index (χ4n) is 2.64. The summed E-state index contributed by atoms with van der Waals surface area (Å²) in [6.07, 6.45) is 1.90. The van der Waals surface area contributed by atoms with Gasteiger partial charge >= 0.3 is 0 Å². The maximum atomic E-state index is 5.26. The predicted octanol–water partition coefficient (Wildman–Crippen LogP) is 2.72. The fraction of sp³-hybridized carbons (Fsp3) is 0.150. The first-order valence-corrected chi connectivity index (χ1v) is 9.49. The Labute approximate surface area is 176 Å². The summed E-state index contributed by atoms with van der Waals surface area (Å²) in [4.78, 5) is 7.02. The van der Waals surface area contributed by atoms with Crippen molar-refractivity contribution in [3.63, 3.8) is 0 Å². The zero-order valence-electron chi connectivity index (χ0n) is 14.6. The Morgan fingerprint density at radius 3 is 2.38 bits per heavy atom. The van der Waals surface area contributed by atoms with E-state index in [9.17, 15) is 0 Å². The van der Waals surface area contributed by atoms with Crippen molar-refractivity contribution in [2.24, 2.45) is 4.99 Å². The monoisotopic (exact) mass is 493 g/mol. The zero-order valence-corrected chi connectivity index (χ0v) is 18.6. The lowest BCUT2D eigenvalue weighted by Crippen LogP contribution is -3.00. The van der Waals surface area contributed by atoms with E-state index in [0.717, 1.165) is 26.3 Å². The lowest BCUT2D eigenvalue weighted by atomic mass is 10.1. The summed E-state index contributed by atoms with van der Waals surface area (Å²) < 4.78 is 8.52. The second-order valence-corrected chi connectivity index (χ2v) is 7.60. The molecule has 0 unspecified atom stereocenters. The molecule has 0 saturated carbocycles. The van der Waals surface area contributed by atoms with Crippen molar-refractivity contribution in [2.45, 2.75) is 13.5 Å². The zero-order chi connectivity index (χ0) is 17.8. The minimum absolute atomic E-state index is 0. The molecule has 1 heterocycles. The summed E-state index contributed by atoms with van der Waals surface area (Å²) in [7, 11) is 1.68. The van der Waals surface area contributed by atoms with Crippen LogP contribution in [-0.2, 0) is 6.54 Å². The summed E-state index contributed by atoms with van der Waals surface area (Å²) in [6.45, 7) is 6.74. The molecular weight excluding hydrogens is 476 g/mol. The van der Waals surface area contributed by atoms with Gasteiger partial charge in [0, 0.05) is 15.9 Å². The van der Waals surface area contributed by atoms with Gasteiger partial charge in [0.15, 0.2) is 4.80 Å². The van der Waals surface area contributed by atoms with Gasteiger partial charge in [0.25, 0.3) is 0 Å². The third-order valence-corrected chi connectivity index (χ3v) is 5.33. The van der Waals surface area contributed by atoms with Crippen LogP contribution >= 0.6 is 27.3 Å². The minimum Gasteiger partial charge on any atom is -1.00 e. The van der Waals surface area contributed by atoms with Crippen LogP contribution in [-0.4, -0.2) is 11.7 Å². The average molecular weight is 495 g/mol. The summed E-state index contributed by atoms with van der Waals surface area (Å²) in [6, 6.07) is 16.1. The van der Waals surface area contributed by atoms with E-state index in [2.05, 4.69) is 46.1 Å². The Morgan fingerprint density at radius 1 is 1.15 bits per heavy atom. The number of hydrogen-bond acceptors (Lipinski definition) is 3. The molecule has 3 aromatic rings. The second-order valence-electron chi connectivity index (χ2n) is 5.51. The smallest absolute Gasteiger partial charge is 0.190 e. The van der Waals surface area contributed by atoms with Crippen LogP contribution in [0.4, 0.5) is 5.69 Å². The summed E-state index contributed by atoms with van der Waals surface area (Å²) in [5, 5.41) is 0. The molecule has 6 heteroatoms. The molecule has 0 N–H and O–H groups in total. The van der Waals surface area contributed by atoms with Gasteiger partial charge in [-0.15, -0.1) is 17.9 Å². The van der Waals surface area contributed by atoms with Gasteiger partial charge in [-0.25, -0.2) is 4.99 Å². The molecule has 1 aromatic heterocycles. The number of nitrogens with zero attached hydrogens (tertiary/aromatic N) is 2. The van der Waals surface area contributed by atoms with Gasteiger partial charge in [0.2, 0.25) is 0 Å². The number of benzene rings is 2. The van der Waals surface area contributed by atoms with Crippen molar-refractivity contribution in [1.29, 1.82) is 0 Å². The van der Waals surface area contributed by atoms with E-state index in [1.54, 1.807) is 18.4 Å². The lowest BCUT2D eigenvalue weighted by Gasteiger charge is -2.09. The van der Waals surface area contributed by atoms with Crippen molar-refractivity contribution >= 4 is 33.0 Å². The van der Waals surface area contributed by atoms with Gasteiger partial charge in [-0.2, -0.15) is 0 Å². The number of aromatic nitrogens is 1. The third-order valence-electron chi connectivity index (χ3n) is 3.81. The van der Waals surface area contributed by atoms with Gasteiger partial charge in [-0.05, 0) is 61.0 Å². The van der Waals surface area contributed by atoms with Crippen LogP contribution in [0.2, 0.25) is 0 Å². The van der Waals surface area contributed by atoms with E-state index in [1.165, 1.54) is 10.6 Å². The number of halogens is 2. The standard InChI is InChI=1S/C20H19BrN2OS.BrH/c1-4-13-23-19(15-5-11-18(24-3)12-6-15)14(2)25-20(23)22-17-9-7-16(21)8-10-17;/h4-12H,1,13H2,2-3H3;1H/p-1. The number of allylic oxidation sites excluding steroid dienone is 1. The number of aryl methyl sites for hydroxylation is 1. The van der Waals surface area contributed by atoms with Crippen molar-refractivity contribution in [3.05, 3.63) is 75.3 Å². The molecule has 0 aliphatic carbocycles. The molecule has 0 saturated heterocycles. The lowest BCUT2D eigenvalue weighted by molar-refractivity contribution is -0.00000522. The molecule has 0 aliphatic heterocycles. The molecule has 0 spiro atoms. The number of hydrogen-bond donors (Lipinski definition) is 0. The molecule has 136 valence electrons. The Kier molecular flexibility index (Phi) is 7.43. The van der Waals surface area contributed by atoms with Crippen LogP contribution in [0.25, 0.3) is 11.3 Å². The highest BCUT2D eigenvalue weighted by Gasteiger charge is 2.12. The Morgan fingerprint density at radius 2 is 1.81 bits per heavy atom. The maximum Gasteiger partial charge on any atom is 0.190 e. The fourth-order valence-corrected chi connectivity index (χ4v) is 3.93. The Bertz CT molecular complexity index is 941. The summed E-state index contributed by atoms with van der Waals surface area (Å²) in [5.41, 5.74) is 3.25. The van der Waals surface area contributed by atoms with Crippen molar-refractivity contribution in [3.8, 4) is 17.0 Å². The second kappa shape index (κ2) is 9.35. The first-order chi connectivity index (χ1) is 12.1. The van der Waals surface area contributed by atoms with E-state index in [1.807, 2.05) is 42.5 Å². The molecule has 0 bridgehead atoms. The van der Waals surface area contributed by atoms with E-state index in [4.69, 9.17) is 9.73 Å². The summed E-state index contributed by atoms with van der Waals surface area (Å²) >= 11 is 5.15. The maximum absolute atomic E-state index is 5.26. The SMILES string of the molecule is C=CCn1c(-c2ccc(OC)cc2)c(C)sc1=Nc1ccc(Br)cc1.[Br-]. The highest BCUT2D eigenvalue weighted by atomic mass is 79.9. The summed E-state index contributed by atoms with van der Waals surface area (Å²) in [5.74, 6) is 0.853. The molecular formula is C20H19Br2N2OS-. The van der Waals surface area contributed by atoms with E-state index >= 15 is 0 Å². The molecule has 3 rings (SSSR count). The molecule has 2 aromatic carbocycles. The van der Waals surface area contributed by atoms with Crippen molar-refractivity contribution in [2.75, 3.05) is 7.11 Å². The van der Waals surface area contributed by atoms with Gasteiger partial charge in [-0.1, -0.05) is 22.0 Å². The number of rotatable bonds is 5. The van der Waals surface area contributed by atoms with Crippen LogP contribution in [0, 0.1) is 6.92 Å². The first kappa shape index (κ1) is 20.7. The van der Waals surface area contributed by atoms with Gasteiger partial charge < -0.3 is 26.3 Å². The van der Waals surface area contributed by atoms with Crippen LogP contribution in [0.3, 0.4) is 0 Å². The Balaban J connectivity index is 0.00000243. The molecule has 0 aliphatic rings. The average Bonchev–Trinajstić information content (AvgIpc) is 2.92. The highest BCUT2D eigenvalue weighted by Crippen LogP contribution is 2.27. The van der Waals surface area contributed by atoms with E-state index in [0.29, 0.717) is 6.54 Å². The quantitative estimate of drug-likeness (QED) is 0.501. The molecule has 0 radical (unpaired) electrons. The van der Waals surface area contributed by atoms with Crippen molar-refractivity contribution in [1.82, 2.24) is 4.57 Å². The van der Waals surface area contributed by atoms with Crippen LogP contribution in [0.1, 0.15) is 4.88 Å². The van der Waals surface area contributed by atoms with E-state index < -0.39 is 0 Å². The number of thiazole rings is 1. The van der Waals surface area contributed by atoms with Crippen LogP contribution < -0.4 is 26.5 Å².